The molecule has 0 aliphatic heterocycles. The van der Waals surface area contributed by atoms with Crippen LogP contribution in [0, 0.1) is 6.92 Å². The van der Waals surface area contributed by atoms with Gasteiger partial charge in [-0.15, -0.1) is 10.2 Å². The molecule has 1 aromatic heterocycles. The van der Waals surface area contributed by atoms with Gasteiger partial charge >= 0.3 is 0 Å². The van der Waals surface area contributed by atoms with Crippen LogP contribution in [0.3, 0.4) is 0 Å². The Morgan fingerprint density at radius 1 is 1.14 bits per heavy atom. The Bertz CT molecular complexity index is 1120. The molecule has 29 heavy (non-hydrogen) atoms. The molecule has 1 amide bonds. The quantitative estimate of drug-likeness (QED) is 0.403. The molecule has 0 fully saturated rings. The minimum atomic E-state index is -3.80. The highest BCUT2D eigenvalue weighted by molar-refractivity contribution is 7.91. The molecule has 0 aliphatic carbocycles. The third kappa shape index (κ3) is 5.83. The molecule has 2 aromatic carbocycles. The van der Waals surface area contributed by atoms with E-state index in [0.29, 0.717) is 23.4 Å². The number of aryl methyl sites for hydroxylation is 2. The first-order chi connectivity index (χ1) is 13.8. The highest BCUT2D eigenvalue weighted by Gasteiger charge is 2.20. The summed E-state index contributed by atoms with van der Waals surface area (Å²) in [6.07, 6.45) is 1.23. The number of sulfonamides is 1. The van der Waals surface area contributed by atoms with E-state index in [4.69, 9.17) is 11.6 Å². The molecule has 1 heterocycles. The maximum atomic E-state index is 12.4. The molecule has 0 atom stereocenters. The summed E-state index contributed by atoms with van der Waals surface area (Å²) in [5.74, 6) is -0.374. The van der Waals surface area contributed by atoms with Crippen molar-refractivity contribution >= 4 is 44.0 Å². The maximum Gasteiger partial charge on any atom is 0.269 e. The number of anilines is 1. The molecule has 0 bridgehead atoms. The van der Waals surface area contributed by atoms with Gasteiger partial charge in [-0.25, -0.2) is 13.1 Å². The highest BCUT2D eigenvalue weighted by atomic mass is 35.5. The summed E-state index contributed by atoms with van der Waals surface area (Å²) in [4.78, 5) is 12.3. The lowest BCUT2D eigenvalue weighted by Gasteiger charge is -2.05. The number of rotatable bonds is 8. The summed E-state index contributed by atoms with van der Waals surface area (Å²) >= 11 is 6.89. The lowest BCUT2D eigenvalue weighted by molar-refractivity contribution is 0.102. The molecule has 7 nitrogen and oxygen atoms in total. The largest absolute Gasteiger partial charge is 0.296 e. The van der Waals surface area contributed by atoms with E-state index >= 15 is 0 Å². The van der Waals surface area contributed by atoms with Crippen LogP contribution < -0.4 is 10.0 Å². The first-order valence-electron chi connectivity index (χ1n) is 8.80. The molecule has 0 spiro atoms. The second-order valence-electron chi connectivity index (χ2n) is 6.29. The van der Waals surface area contributed by atoms with Crippen molar-refractivity contribution in [2.24, 2.45) is 0 Å². The van der Waals surface area contributed by atoms with Gasteiger partial charge in [0, 0.05) is 17.1 Å². The Balaban J connectivity index is 1.55. The van der Waals surface area contributed by atoms with E-state index in [1.54, 1.807) is 24.3 Å². The lowest BCUT2D eigenvalue weighted by atomic mass is 10.1. The van der Waals surface area contributed by atoms with E-state index in [2.05, 4.69) is 20.2 Å². The third-order valence-corrected chi connectivity index (χ3v) is 7.05. The van der Waals surface area contributed by atoms with Crippen LogP contribution in [0.25, 0.3) is 0 Å². The average molecular weight is 451 g/mol. The van der Waals surface area contributed by atoms with Crippen LogP contribution in [0.1, 0.15) is 27.9 Å². The fourth-order valence-electron chi connectivity index (χ4n) is 2.57. The summed E-state index contributed by atoms with van der Waals surface area (Å²) in [6.45, 7) is 2.11. The predicted octanol–water partition coefficient (Wildman–Crippen LogP) is 3.66. The predicted molar refractivity (Wildman–Crippen MR) is 114 cm³/mol. The van der Waals surface area contributed by atoms with E-state index in [1.807, 2.05) is 31.2 Å². The topological polar surface area (TPSA) is 101 Å². The van der Waals surface area contributed by atoms with E-state index in [-0.39, 0.29) is 21.9 Å². The standard InChI is InChI=1S/C19H19ClN4O3S2/c1-13-6-4-8-15(12-13)17(25)22-18-23-24-19(28-18)29(26,27)21-11-5-9-14-7-2-3-10-16(14)20/h2-4,6-8,10,12,21H,5,9,11H2,1H3,(H,22,23,25). The van der Waals surface area contributed by atoms with Crippen molar-refractivity contribution in [3.05, 3.63) is 70.2 Å². The van der Waals surface area contributed by atoms with E-state index in [1.165, 1.54) is 0 Å². The Labute approximate surface area is 178 Å². The van der Waals surface area contributed by atoms with Gasteiger partial charge in [-0.3, -0.25) is 10.1 Å². The van der Waals surface area contributed by atoms with Crippen molar-refractivity contribution in [1.29, 1.82) is 0 Å². The number of carbonyl (C=O) groups is 1. The summed E-state index contributed by atoms with van der Waals surface area (Å²) in [6, 6.07) is 14.5. The summed E-state index contributed by atoms with van der Waals surface area (Å²) in [5.41, 5.74) is 2.37. The van der Waals surface area contributed by atoms with Gasteiger partial charge in [0.05, 0.1) is 0 Å². The average Bonchev–Trinajstić information content (AvgIpc) is 3.16. The number of hydrogen-bond acceptors (Lipinski definition) is 6. The van der Waals surface area contributed by atoms with Gasteiger partial charge in [0.1, 0.15) is 0 Å². The van der Waals surface area contributed by atoms with E-state index in [0.717, 1.165) is 22.5 Å². The van der Waals surface area contributed by atoms with Gasteiger partial charge in [0.15, 0.2) is 0 Å². The van der Waals surface area contributed by atoms with Gasteiger partial charge in [-0.1, -0.05) is 58.8 Å². The van der Waals surface area contributed by atoms with Crippen LogP contribution in [-0.2, 0) is 16.4 Å². The summed E-state index contributed by atoms with van der Waals surface area (Å²) in [7, 11) is -3.80. The van der Waals surface area contributed by atoms with Crippen LogP contribution in [0.2, 0.25) is 5.02 Å². The second kappa shape index (κ2) is 9.45. The molecule has 0 saturated carbocycles. The van der Waals surface area contributed by atoms with Gasteiger partial charge in [0.2, 0.25) is 9.47 Å². The molecule has 152 valence electrons. The maximum absolute atomic E-state index is 12.4. The van der Waals surface area contributed by atoms with E-state index in [9.17, 15) is 13.2 Å². The van der Waals surface area contributed by atoms with Crippen molar-refractivity contribution in [3.63, 3.8) is 0 Å². The number of halogens is 1. The zero-order valence-electron chi connectivity index (χ0n) is 15.6. The Hall–Kier alpha value is -2.33. The highest BCUT2D eigenvalue weighted by Crippen LogP contribution is 2.21. The van der Waals surface area contributed by atoms with Crippen molar-refractivity contribution in [2.75, 3.05) is 11.9 Å². The van der Waals surface area contributed by atoms with Crippen molar-refractivity contribution in [2.45, 2.75) is 24.1 Å². The Morgan fingerprint density at radius 2 is 1.93 bits per heavy atom. The molecule has 3 aromatic rings. The second-order valence-corrected chi connectivity index (χ2v) is 9.61. The number of amides is 1. The molecule has 10 heteroatoms. The van der Waals surface area contributed by atoms with Crippen LogP contribution >= 0.6 is 22.9 Å². The zero-order valence-corrected chi connectivity index (χ0v) is 17.9. The Kier molecular flexibility index (Phi) is 6.96. The number of carbonyl (C=O) groups excluding carboxylic acids is 1. The van der Waals surface area contributed by atoms with Crippen molar-refractivity contribution in [1.82, 2.24) is 14.9 Å². The van der Waals surface area contributed by atoms with Crippen LogP contribution in [0.15, 0.2) is 52.9 Å². The summed E-state index contributed by atoms with van der Waals surface area (Å²) < 4.78 is 27.1. The van der Waals surface area contributed by atoms with Crippen LogP contribution in [0.4, 0.5) is 5.13 Å². The number of nitrogens with one attached hydrogen (secondary N) is 2. The number of hydrogen-bond donors (Lipinski definition) is 2. The molecule has 0 saturated heterocycles. The van der Waals surface area contributed by atoms with Gasteiger partial charge in [-0.2, -0.15) is 0 Å². The molecule has 2 N–H and O–H groups in total. The van der Waals surface area contributed by atoms with Gasteiger partial charge in [0.25, 0.3) is 15.9 Å². The first kappa shape index (κ1) is 21.4. The third-order valence-electron chi connectivity index (χ3n) is 4.01. The molecule has 0 aliphatic rings. The number of benzene rings is 2. The van der Waals surface area contributed by atoms with Crippen LogP contribution in [0.5, 0.6) is 0 Å². The zero-order chi connectivity index (χ0) is 20.9. The lowest BCUT2D eigenvalue weighted by Crippen LogP contribution is -2.25. The molecule has 0 unspecified atom stereocenters. The first-order valence-corrected chi connectivity index (χ1v) is 11.5. The van der Waals surface area contributed by atoms with Gasteiger partial charge < -0.3 is 0 Å². The van der Waals surface area contributed by atoms with Crippen molar-refractivity contribution in [3.8, 4) is 0 Å². The number of nitrogens with zero attached hydrogens (tertiary/aromatic N) is 2. The minimum Gasteiger partial charge on any atom is -0.296 e. The van der Waals surface area contributed by atoms with Crippen molar-refractivity contribution < 1.29 is 13.2 Å². The minimum absolute atomic E-state index is 0.118. The fraction of sp³-hybridized carbons (Fsp3) is 0.211. The van der Waals surface area contributed by atoms with Crippen LogP contribution in [-0.4, -0.2) is 31.1 Å². The smallest absolute Gasteiger partial charge is 0.269 e. The molecular formula is C19H19ClN4O3S2. The normalized spacial score (nSPS) is 11.4. The Morgan fingerprint density at radius 3 is 2.69 bits per heavy atom. The SMILES string of the molecule is Cc1cccc(C(=O)Nc2nnc(S(=O)(=O)NCCCc3ccccc3Cl)s2)c1. The molecule has 3 rings (SSSR count). The molecule has 0 radical (unpaired) electrons. The molecular weight excluding hydrogens is 432 g/mol. The monoisotopic (exact) mass is 450 g/mol. The summed E-state index contributed by atoms with van der Waals surface area (Å²) in [5, 5.41) is 10.8. The van der Waals surface area contributed by atoms with E-state index < -0.39 is 10.0 Å². The fourth-order valence-corrected chi connectivity index (χ4v) is 4.81. The number of aromatic nitrogens is 2. The van der Waals surface area contributed by atoms with Gasteiger partial charge in [-0.05, 0) is 43.5 Å².